The second-order valence-electron chi connectivity index (χ2n) is 4.75. The van der Waals surface area contributed by atoms with Crippen LogP contribution >= 0.6 is 0 Å². The van der Waals surface area contributed by atoms with Crippen molar-refractivity contribution in [3.8, 4) is 0 Å². The minimum atomic E-state index is -0.189. The summed E-state index contributed by atoms with van der Waals surface area (Å²) in [5.41, 5.74) is 6.83. The molecular weight excluding hydrogens is 268 g/mol. The molecule has 0 aliphatic rings. The van der Waals surface area contributed by atoms with Gasteiger partial charge >= 0.3 is 0 Å². The summed E-state index contributed by atoms with van der Waals surface area (Å²) in [5, 5.41) is 15.3. The van der Waals surface area contributed by atoms with E-state index in [0.29, 0.717) is 18.4 Å². The lowest BCUT2D eigenvalue weighted by Crippen LogP contribution is -2.37. The van der Waals surface area contributed by atoms with Crippen molar-refractivity contribution < 1.29 is 10.0 Å². The highest BCUT2D eigenvalue weighted by Gasteiger charge is 2.15. The number of amides is 1. The maximum Gasteiger partial charge on any atom is 0.252 e. The normalized spacial score (nSPS) is 13.1. The summed E-state index contributed by atoms with van der Waals surface area (Å²) in [5.74, 6) is -0.0899. The Bertz CT molecular complexity index is 664. The predicted octanol–water partition coefficient (Wildman–Crippen LogP) is 1.88. The number of hydrogen-bond acceptors (Lipinski definition) is 4. The zero-order valence-corrected chi connectivity index (χ0v) is 11.8. The van der Waals surface area contributed by atoms with Gasteiger partial charge in [0.05, 0.1) is 11.1 Å². The second kappa shape index (κ2) is 6.69. The first-order valence-corrected chi connectivity index (χ1v) is 6.76. The van der Waals surface area contributed by atoms with Crippen molar-refractivity contribution in [1.82, 2.24) is 10.3 Å². The smallest absolute Gasteiger partial charge is 0.252 e. The van der Waals surface area contributed by atoms with Gasteiger partial charge in [0, 0.05) is 24.0 Å². The lowest BCUT2D eigenvalue weighted by molar-refractivity contribution is 0.0938. The molecule has 0 saturated carbocycles. The van der Waals surface area contributed by atoms with Crippen molar-refractivity contribution >= 4 is 22.6 Å². The molecule has 6 heteroatoms. The first-order valence-electron chi connectivity index (χ1n) is 6.76. The van der Waals surface area contributed by atoms with Crippen LogP contribution in [0.5, 0.6) is 0 Å². The van der Waals surface area contributed by atoms with Crippen LogP contribution in [0, 0.1) is 0 Å². The number of carbonyl (C=O) groups excluding carboxylic acids is 1. The van der Waals surface area contributed by atoms with E-state index in [2.05, 4.69) is 15.5 Å². The molecule has 0 aliphatic carbocycles. The van der Waals surface area contributed by atoms with Gasteiger partial charge in [0.2, 0.25) is 0 Å². The number of oxime groups is 1. The van der Waals surface area contributed by atoms with Gasteiger partial charge in [0.1, 0.15) is 5.84 Å². The van der Waals surface area contributed by atoms with Crippen LogP contribution in [0.15, 0.2) is 41.7 Å². The van der Waals surface area contributed by atoms with E-state index >= 15 is 0 Å². The summed E-state index contributed by atoms with van der Waals surface area (Å²) in [6, 6.07) is 8.98. The molecule has 1 atom stereocenters. The number of hydrogen-bond donors (Lipinski definition) is 3. The lowest BCUT2D eigenvalue weighted by atomic mass is 10.1. The monoisotopic (exact) mass is 286 g/mol. The van der Waals surface area contributed by atoms with Crippen LogP contribution in [0.25, 0.3) is 10.9 Å². The Balaban J connectivity index is 2.22. The number of pyridine rings is 1. The van der Waals surface area contributed by atoms with Gasteiger partial charge in [-0.3, -0.25) is 9.78 Å². The second-order valence-corrected chi connectivity index (χ2v) is 4.75. The molecule has 0 aliphatic heterocycles. The maximum atomic E-state index is 12.4. The molecule has 4 N–H and O–H groups in total. The standard InChI is InChI=1S/C15H18N4O2/c1-2-10(9-14(16)19-21)18-15(20)12-7-8-17-13-6-4-3-5-11(12)13/h3-8,10,21H,2,9H2,1H3,(H2,16,19)(H,18,20). The lowest BCUT2D eigenvalue weighted by Gasteiger charge is -2.16. The van der Waals surface area contributed by atoms with Crippen LogP contribution in [-0.4, -0.2) is 28.0 Å². The fourth-order valence-corrected chi connectivity index (χ4v) is 2.15. The minimum absolute atomic E-state index is 0.0988. The molecular formula is C15H18N4O2. The minimum Gasteiger partial charge on any atom is -0.409 e. The van der Waals surface area contributed by atoms with E-state index in [1.54, 1.807) is 12.3 Å². The van der Waals surface area contributed by atoms with Crippen molar-refractivity contribution in [2.45, 2.75) is 25.8 Å². The molecule has 0 bridgehead atoms. The van der Waals surface area contributed by atoms with Crippen LogP contribution in [0.4, 0.5) is 0 Å². The molecule has 21 heavy (non-hydrogen) atoms. The third-order valence-electron chi connectivity index (χ3n) is 3.31. The van der Waals surface area contributed by atoms with Gasteiger partial charge in [-0.05, 0) is 18.6 Å². The van der Waals surface area contributed by atoms with Crippen LogP contribution in [0.2, 0.25) is 0 Å². The van der Waals surface area contributed by atoms with E-state index < -0.39 is 0 Å². The Hall–Kier alpha value is -2.63. The number of rotatable bonds is 5. The van der Waals surface area contributed by atoms with Crippen molar-refractivity contribution in [2.24, 2.45) is 10.9 Å². The molecule has 1 aromatic heterocycles. The molecule has 0 saturated heterocycles. The molecule has 6 nitrogen and oxygen atoms in total. The maximum absolute atomic E-state index is 12.4. The Morgan fingerprint density at radius 3 is 2.90 bits per heavy atom. The molecule has 1 unspecified atom stereocenters. The van der Waals surface area contributed by atoms with E-state index in [4.69, 9.17) is 10.9 Å². The molecule has 110 valence electrons. The summed E-state index contributed by atoms with van der Waals surface area (Å²) in [6.07, 6.45) is 2.61. The van der Waals surface area contributed by atoms with E-state index in [0.717, 1.165) is 10.9 Å². The predicted molar refractivity (Wildman–Crippen MR) is 81.3 cm³/mol. The Morgan fingerprint density at radius 2 is 2.19 bits per heavy atom. The summed E-state index contributed by atoms with van der Waals surface area (Å²) in [7, 11) is 0. The number of amidine groups is 1. The molecule has 0 fully saturated rings. The summed E-state index contributed by atoms with van der Waals surface area (Å²) < 4.78 is 0. The molecule has 1 amide bonds. The van der Waals surface area contributed by atoms with E-state index in [1.165, 1.54) is 0 Å². The van der Waals surface area contributed by atoms with E-state index in [9.17, 15) is 4.79 Å². The number of carbonyl (C=O) groups is 1. The van der Waals surface area contributed by atoms with Gasteiger partial charge in [0.25, 0.3) is 5.91 Å². The van der Waals surface area contributed by atoms with Crippen LogP contribution < -0.4 is 11.1 Å². The van der Waals surface area contributed by atoms with Crippen molar-refractivity contribution in [3.05, 3.63) is 42.1 Å². The molecule has 1 heterocycles. The number of aromatic nitrogens is 1. The van der Waals surface area contributed by atoms with Gasteiger partial charge < -0.3 is 16.3 Å². The topological polar surface area (TPSA) is 101 Å². The number of benzene rings is 1. The van der Waals surface area contributed by atoms with Gasteiger partial charge in [-0.15, -0.1) is 0 Å². The third-order valence-corrected chi connectivity index (χ3v) is 3.31. The van der Waals surface area contributed by atoms with Crippen LogP contribution in [0.1, 0.15) is 30.1 Å². The first-order chi connectivity index (χ1) is 10.2. The van der Waals surface area contributed by atoms with E-state index in [-0.39, 0.29) is 17.8 Å². The number of nitrogens with zero attached hydrogens (tertiary/aromatic N) is 2. The molecule has 0 radical (unpaired) electrons. The molecule has 2 aromatic rings. The molecule has 2 rings (SSSR count). The Morgan fingerprint density at radius 1 is 1.43 bits per heavy atom. The summed E-state index contributed by atoms with van der Waals surface area (Å²) in [4.78, 5) is 16.6. The number of nitrogens with one attached hydrogen (secondary N) is 1. The average Bonchev–Trinajstić information content (AvgIpc) is 2.53. The van der Waals surface area contributed by atoms with Crippen LogP contribution in [-0.2, 0) is 0 Å². The van der Waals surface area contributed by atoms with Gasteiger partial charge in [-0.25, -0.2) is 0 Å². The van der Waals surface area contributed by atoms with Crippen molar-refractivity contribution in [3.63, 3.8) is 0 Å². The first kappa shape index (κ1) is 14.8. The van der Waals surface area contributed by atoms with Gasteiger partial charge in [-0.2, -0.15) is 0 Å². The third kappa shape index (κ3) is 3.47. The summed E-state index contributed by atoms with van der Waals surface area (Å²) in [6.45, 7) is 1.93. The zero-order chi connectivity index (χ0) is 15.2. The van der Waals surface area contributed by atoms with Crippen molar-refractivity contribution in [1.29, 1.82) is 0 Å². The SMILES string of the molecule is CCC(C/C(N)=N/O)NC(=O)c1ccnc2ccccc12. The molecule has 1 aromatic carbocycles. The highest BCUT2D eigenvalue weighted by Crippen LogP contribution is 2.16. The highest BCUT2D eigenvalue weighted by atomic mass is 16.4. The number of nitrogens with two attached hydrogens (primary N) is 1. The van der Waals surface area contributed by atoms with Crippen molar-refractivity contribution in [2.75, 3.05) is 0 Å². The quantitative estimate of drug-likeness (QED) is 0.338. The number of para-hydroxylation sites is 1. The van der Waals surface area contributed by atoms with E-state index in [1.807, 2.05) is 31.2 Å². The van der Waals surface area contributed by atoms with Gasteiger partial charge in [-0.1, -0.05) is 30.3 Å². The molecule has 0 spiro atoms. The van der Waals surface area contributed by atoms with Crippen LogP contribution in [0.3, 0.4) is 0 Å². The zero-order valence-electron chi connectivity index (χ0n) is 11.8. The fraction of sp³-hybridized carbons (Fsp3) is 0.267. The highest BCUT2D eigenvalue weighted by molar-refractivity contribution is 6.06. The summed E-state index contributed by atoms with van der Waals surface area (Å²) >= 11 is 0. The Kier molecular flexibility index (Phi) is 4.71. The largest absolute Gasteiger partial charge is 0.409 e. The van der Waals surface area contributed by atoms with Gasteiger partial charge in [0.15, 0.2) is 0 Å². The number of fused-ring (bicyclic) bond motifs is 1. The Labute approximate surface area is 122 Å². The fourth-order valence-electron chi connectivity index (χ4n) is 2.15. The average molecular weight is 286 g/mol.